The average Bonchev–Trinajstić information content (AvgIpc) is 2.64. The van der Waals surface area contributed by atoms with Crippen LogP contribution in [0.4, 0.5) is 5.69 Å². The van der Waals surface area contributed by atoms with E-state index < -0.39 is 0 Å². The third kappa shape index (κ3) is 3.95. The van der Waals surface area contributed by atoms with Crippen LogP contribution in [-0.2, 0) is 13.0 Å². The van der Waals surface area contributed by atoms with Crippen LogP contribution in [0.3, 0.4) is 0 Å². The summed E-state index contributed by atoms with van der Waals surface area (Å²) >= 11 is 0. The Hall–Kier alpha value is -2.33. The van der Waals surface area contributed by atoms with Crippen LogP contribution >= 0.6 is 0 Å². The highest BCUT2D eigenvalue weighted by atomic mass is 16.5. The number of hydrogen-bond donors (Lipinski definition) is 0. The fourth-order valence-corrected chi connectivity index (χ4v) is 3.22. The van der Waals surface area contributed by atoms with E-state index in [0.717, 1.165) is 44.9 Å². The number of rotatable bonds is 6. The summed E-state index contributed by atoms with van der Waals surface area (Å²) in [7, 11) is 1.72. The van der Waals surface area contributed by atoms with Gasteiger partial charge in [-0.1, -0.05) is 18.2 Å². The van der Waals surface area contributed by atoms with Crippen LogP contribution in [0, 0.1) is 0 Å². The Morgan fingerprint density at radius 3 is 2.54 bits per heavy atom. The number of ether oxygens (including phenoxy) is 1. The summed E-state index contributed by atoms with van der Waals surface area (Å²) in [5.74, 6) is 0.946. The molecular weight excluding hydrogens is 298 g/mol. The SMILES string of the molecule is C=CCc1cc(CN2CCN(c3ccncc3)CC2)ccc1OC. The predicted octanol–water partition coefficient (Wildman–Crippen LogP) is 3.14. The standard InChI is InChI=1S/C20H25N3O/c1-3-4-18-15-17(5-6-20(18)24-2)16-22-11-13-23(14-12-22)19-7-9-21-10-8-19/h3,5-10,15H,1,4,11-14,16H2,2H3. The van der Waals surface area contributed by atoms with Crippen LogP contribution in [0.15, 0.2) is 55.4 Å². The van der Waals surface area contributed by atoms with Gasteiger partial charge in [0.15, 0.2) is 0 Å². The molecule has 0 spiro atoms. The summed E-state index contributed by atoms with van der Waals surface area (Å²) in [6.07, 6.45) is 6.49. The van der Waals surface area contributed by atoms with Crippen LogP contribution in [0.5, 0.6) is 5.75 Å². The minimum Gasteiger partial charge on any atom is -0.496 e. The first-order valence-corrected chi connectivity index (χ1v) is 8.44. The Bertz CT molecular complexity index is 664. The Balaban J connectivity index is 1.60. The second kappa shape index (κ2) is 7.97. The zero-order chi connectivity index (χ0) is 16.8. The largest absolute Gasteiger partial charge is 0.496 e. The first-order valence-electron chi connectivity index (χ1n) is 8.44. The molecule has 24 heavy (non-hydrogen) atoms. The Morgan fingerprint density at radius 1 is 1.12 bits per heavy atom. The van der Waals surface area contributed by atoms with E-state index >= 15 is 0 Å². The van der Waals surface area contributed by atoms with Gasteiger partial charge < -0.3 is 9.64 Å². The molecule has 1 aliphatic heterocycles. The number of benzene rings is 1. The molecular formula is C20H25N3O. The smallest absolute Gasteiger partial charge is 0.122 e. The van der Waals surface area contributed by atoms with Gasteiger partial charge >= 0.3 is 0 Å². The molecule has 1 aliphatic rings. The molecule has 126 valence electrons. The third-order valence-corrected chi connectivity index (χ3v) is 4.52. The van der Waals surface area contributed by atoms with E-state index in [4.69, 9.17) is 4.74 Å². The molecule has 1 aromatic heterocycles. The maximum absolute atomic E-state index is 5.43. The predicted molar refractivity (Wildman–Crippen MR) is 98.6 cm³/mol. The summed E-state index contributed by atoms with van der Waals surface area (Å²) in [6, 6.07) is 10.7. The molecule has 1 saturated heterocycles. The van der Waals surface area contributed by atoms with E-state index in [9.17, 15) is 0 Å². The number of hydrogen-bond acceptors (Lipinski definition) is 4. The molecule has 2 aromatic rings. The molecule has 0 saturated carbocycles. The Kier molecular flexibility index (Phi) is 5.49. The van der Waals surface area contributed by atoms with Gasteiger partial charge in [-0.3, -0.25) is 9.88 Å². The van der Waals surface area contributed by atoms with Gasteiger partial charge in [0.05, 0.1) is 7.11 Å². The van der Waals surface area contributed by atoms with Crippen LogP contribution in [0.2, 0.25) is 0 Å². The van der Waals surface area contributed by atoms with E-state index in [1.807, 2.05) is 18.5 Å². The van der Waals surface area contributed by atoms with Gasteiger partial charge in [-0.05, 0) is 35.7 Å². The normalized spacial score (nSPS) is 15.3. The molecule has 4 nitrogen and oxygen atoms in total. The van der Waals surface area contributed by atoms with Gasteiger partial charge in [0, 0.05) is 50.8 Å². The van der Waals surface area contributed by atoms with Crippen molar-refractivity contribution in [2.45, 2.75) is 13.0 Å². The van der Waals surface area contributed by atoms with Crippen LogP contribution in [0.25, 0.3) is 0 Å². The Labute approximate surface area is 144 Å². The van der Waals surface area contributed by atoms with Crippen molar-refractivity contribution in [2.75, 3.05) is 38.2 Å². The molecule has 3 rings (SSSR count). The molecule has 0 atom stereocenters. The maximum Gasteiger partial charge on any atom is 0.122 e. The third-order valence-electron chi connectivity index (χ3n) is 4.52. The number of nitrogens with zero attached hydrogens (tertiary/aromatic N) is 3. The average molecular weight is 323 g/mol. The first-order chi connectivity index (χ1) is 11.8. The zero-order valence-electron chi connectivity index (χ0n) is 14.3. The van der Waals surface area contributed by atoms with Crippen molar-refractivity contribution in [1.82, 2.24) is 9.88 Å². The van der Waals surface area contributed by atoms with E-state index in [-0.39, 0.29) is 0 Å². The topological polar surface area (TPSA) is 28.6 Å². The molecule has 1 aromatic carbocycles. The lowest BCUT2D eigenvalue weighted by Gasteiger charge is -2.36. The fourth-order valence-electron chi connectivity index (χ4n) is 3.22. The van der Waals surface area contributed by atoms with Crippen molar-refractivity contribution in [1.29, 1.82) is 0 Å². The van der Waals surface area contributed by atoms with Crippen molar-refractivity contribution in [3.63, 3.8) is 0 Å². The van der Waals surface area contributed by atoms with E-state index in [1.54, 1.807) is 7.11 Å². The molecule has 0 aliphatic carbocycles. The van der Waals surface area contributed by atoms with Crippen molar-refractivity contribution in [3.05, 3.63) is 66.5 Å². The Morgan fingerprint density at radius 2 is 1.88 bits per heavy atom. The molecule has 0 bridgehead atoms. The van der Waals surface area contributed by atoms with Gasteiger partial charge in [0.25, 0.3) is 0 Å². The summed E-state index contributed by atoms with van der Waals surface area (Å²) in [5.41, 5.74) is 3.81. The maximum atomic E-state index is 5.43. The van der Waals surface area contributed by atoms with Crippen molar-refractivity contribution in [3.8, 4) is 5.75 Å². The molecule has 0 radical (unpaired) electrons. The molecule has 1 fully saturated rings. The van der Waals surface area contributed by atoms with Crippen LogP contribution in [-0.4, -0.2) is 43.2 Å². The van der Waals surface area contributed by atoms with Crippen molar-refractivity contribution in [2.24, 2.45) is 0 Å². The molecule has 2 heterocycles. The summed E-state index contributed by atoms with van der Waals surface area (Å²) in [6.45, 7) is 9.08. The van der Waals surface area contributed by atoms with Gasteiger partial charge in [0.2, 0.25) is 0 Å². The zero-order valence-corrected chi connectivity index (χ0v) is 14.3. The number of aromatic nitrogens is 1. The lowest BCUT2D eigenvalue weighted by atomic mass is 10.1. The minimum atomic E-state index is 0.840. The minimum absolute atomic E-state index is 0.840. The van der Waals surface area contributed by atoms with Crippen molar-refractivity contribution < 1.29 is 4.74 Å². The lowest BCUT2D eigenvalue weighted by Crippen LogP contribution is -2.45. The number of anilines is 1. The number of methoxy groups -OCH3 is 1. The number of allylic oxidation sites excluding steroid dienone is 1. The molecule has 4 heteroatoms. The first kappa shape index (κ1) is 16.5. The summed E-state index contributed by atoms with van der Waals surface area (Å²) in [5, 5.41) is 0. The second-order valence-corrected chi connectivity index (χ2v) is 6.11. The lowest BCUT2D eigenvalue weighted by molar-refractivity contribution is 0.249. The van der Waals surface area contributed by atoms with Gasteiger partial charge in [0.1, 0.15) is 5.75 Å². The highest BCUT2D eigenvalue weighted by Crippen LogP contribution is 2.22. The second-order valence-electron chi connectivity index (χ2n) is 6.11. The summed E-state index contributed by atoms with van der Waals surface area (Å²) < 4.78 is 5.43. The number of pyridine rings is 1. The molecule has 0 amide bonds. The van der Waals surface area contributed by atoms with Gasteiger partial charge in [-0.25, -0.2) is 0 Å². The quantitative estimate of drug-likeness (QED) is 0.764. The van der Waals surface area contributed by atoms with Crippen LogP contribution in [0.1, 0.15) is 11.1 Å². The van der Waals surface area contributed by atoms with Crippen molar-refractivity contribution >= 4 is 5.69 Å². The monoisotopic (exact) mass is 323 g/mol. The fraction of sp³-hybridized carbons (Fsp3) is 0.350. The summed E-state index contributed by atoms with van der Waals surface area (Å²) in [4.78, 5) is 9.03. The van der Waals surface area contributed by atoms with E-state index in [1.165, 1.54) is 16.8 Å². The molecule has 0 unspecified atom stereocenters. The van der Waals surface area contributed by atoms with Gasteiger partial charge in [-0.15, -0.1) is 6.58 Å². The molecule has 0 N–H and O–H groups in total. The van der Waals surface area contributed by atoms with E-state index in [2.05, 4.69) is 51.7 Å². The number of piperazine rings is 1. The van der Waals surface area contributed by atoms with E-state index in [0.29, 0.717) is 0 Å². The van der Waals surface area contributed by atoms with Crippen LogP contribution < -0.4 is 9.64 Å². The highest BCUT2D eigenvalue weighted by molar-refractivity contribution is 5.45. The van der Waals surface area contributed by atoms with Gasteiger partial charge in [-0.2, -0.15) is 0 Å². The highest BCUT2D eigenvalue weighted by Gasteiger charge is 2.17.